The van der Waals surface area contributed by atoms with Crippen molar-refractivity contribution in [2.75, 3.05) is 6.61 Å². The lowest BCUT2D eigenvalue weighted by atomic mass is 9.82. The summed E-state index contributed by atoms with van der Waals surface area (Å²) in [4.78, 5) is 0. The van der Waals surface area contributed by atoms with Crippen LogP contribution in [0.3, 0.4) is 0 Å². The Morgan fingerprint density at radius 2 is 2.14 bits per heavy atom. The monoisotopic (exact) mass is 196 g/mol. The maximum atomic E-state index is 8.78. The second-order valence-corrected chi connectivity index (χ2v) is 4.53. The van der Waals surface area contributed by atoms with E-state index in [1.54, 1.807) is 0 Å². The first-order valence-corrected chi connectivity index (χ1v) is 6.14. The lowest BCUT2D eigenvalue weighted by molar-refractivity contribution is 0.265. The van der Waals surface area contributed by atoms with E-state index in [0.29, 0.717) is 6.61 Å². The summed E-state index contributed by atoms with van der Waals surface area (Å²) in [5.74, 6) is 1.67. The van der Waals surface area contributed by atoms with E-state index >= 15 is 0 Å². The molecule has 1 nitrogen and oxygen atoms in total. The highest BCUT2D eigenvalue weighted by atomic mass is 16.2. The number of hydrogen-bond acceptors (Lipinski definition) is 1. The zero-order chi connectivity index (χ0) is 10.2. The summed E-state index contributed by atoms with van der Waals surface area (Å²) < 4.78 is 0. The molecule has 1 rings (SSSR count). The van der Waals surface area contributed by atoms with Gasteiger partial charge in [-0.15, -0.1) is 0 Å². The summed E-state index contributed by atoms with van der Waals surface area (Å²) in [7, 11) is 0. The minimum absolute atomic E-state index is 0.351. The van der Waals surface area contributed by atoms with E-state index in [1.165, 1.54) is 38.5 Å². The van der Waals surface area contributed by atoms with E-state index in [9.17, 15) is 0 Å². The van der Waals surface area contributed by atoms with Crippen LogP contribution < -0.4 is 0 Å². The molecule has 0 radical (unpaired) electrons. The molecule has 1 heteroatoms. The number of rotatable bonds is 6. The molecular weight excluding hydrogens is 172 g/mol. The van der Waals surface area contributed by atoms with Gasteiger partial charge in [0.25, 0.3) is 0 Å². The van der Waals surface area contributed by atoms with Crippen LogP contribution in [0.5, 0.6) is 0 Å². The van der Waals surface area contributed by atoms with Gasteiger partial charge < -0.3 is 5.11 Å². The predicted octanol–water partition coefficient (Wildman–Crippen LogP) is 3.53. The van der Waals surface area contributed by atoms with Gasteiger partial charge in [-0.1, -0.05) is 38.3 Å². The first-order chi connectivity index (χ1) is 6.86. The van der Waals surface area contributed by atoms with Crippen LogP contribution in [0.4, 0.5) is 0 Å². The average Bonchev–Trinajstić information content (AvgIpc) is 2.24. The Morgan fingerprint density at radius 1 is 1.29 bits per heavy atom. The van der Waals surface area contributed by atoms with E-state index in [0.717, 1.165) is 18.3 Å². The molecule has 0 aromatic carbocycles. The number of allylic oxidation sites excluding steroid dienone is 2. The average molecular weight is 196 g/mol. The maximum Gasteiger partial charge on any atom is 0.0431 e. The Hall–Kier alpha value is -0.300. The third-order valence-electron chi connectivity index (χ3n) is 3.21. The van der Waals surface area contributed by atoms with Gasteiger partial charge >= 0.3 is 0 Å². The Labute approximate surface area is 88.2 Å². The van der Waals surface area contributed by atoms with Gasteiger partial charge in [-0.3, -0.25) is 0 Å². The van der Waals surface area contributed by atoms with Crippen molar-refractivity contribution in [2.24, 2.45) is 11.8 Å². The molecule has 82 valence electrons. The second-order valence-electron chi connectivity index (χ2n) is 4.53. The molecule has 1 N–H and O–H groups in total. The molecule has 0 aromatic rings. The summed E-state index contributed by atoms with van der Waals surface area (Å²) in [6.07, 6.45) is 13.6. The maximum absolute atomic E-state index is 8.78. The second kappa shape index (κ2) is 7.05. The van der Waals surface area contributed by atoms with Crippen molar-refractivity contribution in [3.63, 3.8) is 0 Å². The lowest BCUT2D eigenvalue weighted by Gasteiger charge is -2.24. The molecule has 0 saturated carbocycles. The van der Waals surface area contributed by atoms with Gasteiger partial charge in [-0.05, 0) is 37.5 Å². The lowest BCUT2D eigenvalue weighted by Crippen LogP contribution is -2.11. The van der Waals surface area contributed by atoms with E-state index in [1.807, 2.05) is 0 Å². The molecule has 1 aliphatic carbocycles. The molecular formula is C13H24O. The predicted molar refractivity (Wildman–Crippen MR) is 61.2 cm³/mol. The smallest absolute Gasteiger partial charge is 0.0431 e. The van der Waals surface area contributed by atoms with Crippen molar-refractivity contribution in [3.05, 3.63) is 12.2 Å². The molecule has 0 heterocycles. The first-order valence-electron chi connectivity index (χ1n) is 6.14. The topological polar surface area (TPSA) is 20.2 Å². The molecule has 0 spiro atoms. The van der Waals surface area contributed by atoms with Crippen LogP contribution in [0, 0.1) is 11.8 Å². The van der Waals surface area contributed by atoms with Crippen LogP contribution in [0.2, 0.25) is 0 Å². The fourth-order valence-electron chi connectivity index (χ4n) is 2.36. The van der Waals surface area contributed by atoms with Gasteiger partial charge in [0.1, 0.15) is 0 Å². The first kappa shape index (κ1) is 11.8. The third-order valence-corrected chi connectivity index (χ3v) is 3.21. The molecule has 0 aromatic heterocycles. The molecule has 0 fully saturated rings. The van der Waals surface area contributed by atoms with E-state index in [2.05, 4.69) is 19.1 Å². The van der Waals surface area contributed by atoms with Gasteiger partial charge in [0.15, 0.2) is 0 Å². The van der Waals surface area contributed by atoms with Gasteiger partial charge in [0.2, 0.25) is 0 Å². The van der Waals surface area contributed by atoms with Crippen LogP contribution in [0.15, 0.2) is 12.2 Å². The molecule has 0 bridgehead atoms. The van der Waals surface area contributed by atoms with Gasteiger partial charge in [-0.2, -0.15) is 0 Å². The van der Waals surface area contributed by atoms with Crippen molar-refractivity contribution >= 4 is 0 Å². The van der Waals surface area contributed by atoms with Gasteiger partial charge in [0, 0.05) is 6.61 Å². The number of aliphatic hydroxyl groups excluding tert-OH is 1. The SMILES string of the molecule is CCCC[C@@H]1CC=C[C@H](CCCO)C1. The molecule has 2 atom stereocenters. The Bertz CT molecular complexity index is 163. The third kappa shape index (κ3) is 4.28. The van der Waals surface area contributed by atoms with E-state index in [4.69, 9.17) is 5.11 Å². The van der Waals surface area contributed by atoms with Crippen LogP contribution >= 0.6 is 0 Å². The fraction of sp³-hybridized carbons (Fsp3) is 0.846. The van der Waals surface area contributed by atoms with Crippen molar-refractivity contribution in [1.82, 2.24) is 0 Å². The van der Waals surface area contributed by atoms with E-state index in [-0.39, 0.29) is 0 Å². The van der Waals surface area contributed by atoms with Crippen molar-refractivity contribution in [2.45, 2.75) is 51.9 Å². The van der Waals surface area contributed by atoms with Crippen LogP contribution in [0.25, 0.3) is 0 Å². The van der Waals surface area contributed by atoms with Crippen molar-refractivity contribution < 1.29 is 5.11 Å². The zero-order valence-corrected chi connectivity index (χ0v) is 9.41. The molecule has 14 heavy (non-hydrogen) atoms. The Morgan fingerprint density at radius 3 is 2.86 bits per heavy atom. The van der Waals surface area contributed by atoms with Crippen LogP contribution in [0.1, 0.15) is 51.9 Å². The number of aliphatic hydroxyl groups is 1. The fourth-order valence-corrected chi connectivity index (χ4v) is 2.36. The van der Waals surface area contributed by atoms with Gasteiger partial charge in [0.05, 0.1) is 0 Å². The number of unbranched alkanes of at least 4 members (excludes halogenated alkanes) is 1. The standard InChI is InChI=1S/C13H24O/c1-2-3-6-12-7-4-8-13(11-12)9-5-10-14/h4,8,12-14H,2-3,5-7,9-11H2,1H3/t12-,13-/m1/s1. The van der Waals surface area contributed by atoms with Crippen molar-refractivity contribution in [3.8, 4) is 0 Å². The number of hydrogen-bond donors (Lipinski definition) is 1. The van der Waals surface area contributed by atoms with E-state index < -0.39 is 0 Å². The summed E-state index contributed by atoms with van der Waals surface area (Å²) in [5.41, 5.74) is 0. The highest BCUT2D eigenvalue weighted by Crippen LogP contribution is 2.29. The Kier molecular flexibility index (Phi) is 5.93. The normalized spacial score (nSPS) is 26.7. The highest BCUT2D eigenvalue weighted by Gasteiger charge is 2.16. The van der Waals surface area contributed by atoms with Crippen molar-refractivity contribution in [1.29, 1.82) is 0 Å². The zero-order valence-electron chi connectivity index (χ0n) is 9.41. The molecule has 0 amide bonds. The molecule has 1 aliphatic rings. The summed E-state index contributed by atoms with van der Waals surface area (Å²) in [6.45, 7) is 2.62. The summed E-state index contributed by atoms with van der Waals surface area (Å²) >= 11 is 0. The minimum Gasteiger partial charge on any atom is -0.396 e. The minimum atomic E-state index is 0.351. The molecule has 0 unspecified atom stereocenters. The largest absolute Gasteiger partial charge is 0.396 e. The quantitative estimate of drug-likeness (QED) is 0.644. The summed E-state index contributed by atoms with van der Waals surface area (Å²) in [6, 6.07) is 0. The molecule has 0 saturated heterocycles. The highest BCUT2D eigenvalue weighted by molar-refractivity contribution is 4.95. The Balaban J connectivity index is 2.21. The molecule has 0 aliphatic heterocycles. The van der Waals surface area contributed by atoms with Crippen LogP contribution in [-0.4, -0.2) is 11.7 Å². The van der Waals surface area contributed by atoms with Gasteiger partial charge in [-0.25, -0.2) is 0 Å². The summed E-state index contributed by atoms with van der Waals surface area (Å²) in [5, 5.41) is 8.78. The van der Waals surface area contributed by atoms with Crippen LogP contribution in [-0.2, 0) is 0 Å².